The van der Waals surface area contributed by atoms with Crippen LogP contribution in [-0.2, 0) is 30.4 Å². The van der Waals surface area contributed by atoms with Crippen molar-refractivity contribution >= 4 is 31.7 Å². The molecule has 3 aromatic rings. The number of methoxy groups -OCH3 is 1. The van der Waals surface area contributed by atoms with E-state index in [0.717, 1.165) is 13.2 Å². The largest absolute Gasteiger partial charge is 0.465 e. The van der Waals surface area contributed by atoms with Crippen LogP contribution in [0.1, 0.15) is 26.3 Å². The van der Waals surface area contributed by atoms with Gasteiger partial charge in [0.25, 0.3) is 15.9 Å². The Morgan fingerprint density at radius 1 is 0.781 bits per heavy atom. The molecule has 0 aromatic heterocycles. The second kappa shape index (κ2) is 9.33. The predicted octanol–water partition coefficient (Wildman–Crippen LogP) is 2.57. The lowest BCUT2D eigenvalue weighted by molar-refractivity contribution is 0.0600. The van der Waals surface area contributed by atoms with E-state index in [2.05, 4.69) is 4.74 Å². The number of nitrogens with one attached hydrogen (secondary N) is 1. The highest BCUT2D eigenvalue weighted by molar-refractivity contribution is 7.90. The summed E-state index contributed by atoms with van der Waals surface area (Å²) in [6.07, 6.45) is 0. The standard InChI is InChI=1S/C22H19NO7S2/c1-30-22(25)18-9-6-12-20(14-18)32(28,29)23-21(24)17-8-5-7-16(13-17)15-31(26,27)19-10-3-2-4-11-19/h2-14H,15H2,1H3,(H,23,24). The van der Waals surface area contributed by atoms with Crippen LogP contribution in [0.25, 0.3) is 0 Å². The number of carbonyl (C=O) groups is 2. The minimum absolute atomic E-state index is 0.0101. The molecule has 0 bridgehead atoms. The first-order chi connectivity index (χ1) is 15.1. The average Bonchev–Trinajstić information content (AvgIpc) is 2.79. The molecule has 0 heterocycles. The van der Waals surface area contributed by atoms with E-state index in [1.807, 2.05) is 4.72 Å². The number of carbonyl (C=O) groups excluding carboxylic acids is 2. The topological polar surface area (TPSA) is 124 Å². The molecule has 0 radical (unpaired) electrons. The quantitative estimate of drug-likeness (QED) is 0.523. The van der Waals surface area contributed by atoms with E-state index in [-0.39, 0.29) is 26.7 Å². The Labute approximate surface area is 185 Å². The molecule has 10 heteroatoms. The Balaban J connectivity index is 1.81. The van der Waals surface area contributed by atoms with Gasteiger partial charge in [-0.05, 0) is 48.0 Å². The second-order valence-electron chi connectivity index (χ2n) is 6.73. The van der Waals surface area contributed by atoms with Crippen LogP contribution in [0.4, 0.5) is 0 Å². The van der Waals surface area contributed by atoms with Crippen LogP contribution in [0.15, 0.2) is 88.7 Å². The maximum Gasteiger partial charge on any atom is 0.337 e. The van der Waals surface area contributed by atoms with E-state index >= 15 is 0 Å². The van der Waals surface area contributed by atoms with Gasteiger partial charge in [0.1, 0.15) is 0 Å². The van der Waals surface area contributed by atoms with Crippen molar-refractivity contribution in [3.8, 4) is 0 Å². The third kappa shape index (κ3) is 5.40. The Bertz CT molecular complexity index is 1370. The maximum absolute atomic E-state index is 12.6. The van der Waals surface area contributed by atoms with Crippen LogP contribution in [0.5, 0.6) is 0 Å². The third-order valence-corrected chi connectivity index (χ3v) is 7.47. The number of ether oxygens (including phenoxy) is 1. The van der Waals surface area contributed by atoms with Gasteiger partial charge in [-0.2, -0.15) is 0 Å². The zero-order valence-corrected chi connectivity index (χ0v) is 18.5. The van der Waals surface area contributed by atoms with Crippen LogP contribution in [0.3, 0.4) is 0 Å². The van der Waals surface area contributed by atoms with Crippen molar-refractivity contribution in [3.05, 3.63) is 95.6 Å². The monoisotopic (exact) mass is 473 g/mol. The van der Waals surface area contributed by atoms with Crippen molar-refractivity contribution in [1.29, 1.82) is 0 Å². The van der Waals surface area contributed by atoms with Gasteiger partial charge in [0.05, 0.1) is 28.2 Å². The third-order valence-electron chi connectivity index (χ3n) is 4.44. The van der Waals surface area contributed by atoms with Gasteiger partial charge in [0.2, 0.25) is 0 Å². The number of hydrogen-bond acceptors (Lipinski definition) is 7. The fourth-order valence-corrected chi connectivity index (χ4v) is 5.26. The van der Waals surface area contributed by atoms with Crippen molar-refractivity contribution in [2.45, 2.75) is 15.5 Å². The maximum atomic E-state index is 12.6. The van der Waals surface area contributed by atoms with Crippen LogP contribution in [-0.4, -0.2) is 35.8 Å². The number of esters is 1. The molecule has 0 unspecified atom stereocenters. The summed E-state index contributed by atoms with van der Waals surface area (Å²) in [7, 11) is -6.77. The molecule has 1 N–H and O–H groups in total. The molecule has 0 aliphatic heterocycles. The van der Waals surface area contributed by atoms with E-state index in [1.165, 1.54) is 54.6 Å². The average molecular weight is 474 g/mol. The SMILES string of the molecule is COC(=O)c1cccc(S(=O)(=O)NC(=O)c2cccc(CS(=O)(=O)c3ccccc3)c2)c1. The van der Waals surface area contributed by atoms with E-state index in [1.54, 1.807) is 18.2 Å². The smallest absolute Gasteiger partial charge is 0.337 e. The zero-order valence-electron chi connectivity index (χ0n) is 16.9. The van der Waals surface area contributed by atoms with E-state index in [0.29, 0.717) is 5.56 Å². The Morgan fingerprint density at radius 3 is 2.09 bits per heavy atom. The predicted molar refractivity (Wildman–Crippen MR) is 116 cm³/mol. The van der Waals surface area contributed by atoms with Crippen molar-refractivity contribution in [1.82, 2.24) is 4.72 Å². The summed E-state index contributed by atoms with van der Waals surface area (Å²) in [5.41, 5.74) is 0.306. The van der Waals surface area contributed by atoms with Crippen molar-refractivity contribution in [2.75, 3.05) is 7.11 Å². The minimum atomic E-state index is -4.29. The van der Waals surface area contributed by atoms with Gasteiger partial charge in [0, 0.05) is 5.56 Å². The fraction of sp³-hybridized carbons (Fsp3) is 0.0909. The lowest BCUT2D eigenvalue weighted by Crippen LogP contribution is -2.30. The Kier molecular flexibility index (Phi) is 6.75. The molecule has 0 saturated heterocycles. The summed E-state index contributed by atoms with van der Waals surface area (Å²) < 4.78 is 56.8. The summed E-state index contributed by atoms with van der Waals surface area (Å²) in [4.78, 5) is 24.0. The number of sulfonamides is 1. The minimum Gasteiger partial charge on any atom is -0.465 e. The van der Waals surface area contributed by atoms with Gasteiger partial charge in [-0.3, -0.25) is 4.79 Å². The highest BCUT2D eigenvalue weighted by atomic mass is 32.2. The zero-order chi connectivity index (χ0) is 23.4. The second-order valence-corrected chi connectivity index (χ2v) is 10.4. The Morgan fingerprint density at radius 2 is 1.41 bits per heavy atom. The van der Waals surface area contributed by atoms with Gasteiger partial charge in [0.15, 0.2) is 9.84 Å². The van der Waals surface area contributed by atoms with Crippen LogP contribution >= 0.6 is 0 Å². The molecule has 0 aliphatic carbocycles. The van der Waals surface area contributed by atoms with Crippen molar-refractivity contribution < 1.29 is 31.2 Å². The van der Waals surface area contributed by atoms with Gasteiger partial charge in [-0.15, -0.1) is 0 Å². The number of benzene rings is 3. The van der Waals surface area contributed by atoms with Crippen LogP contribution < -0.4 is 4.72 Å². The molecule has 8 nitrogen and oxygen atoms in total. The molecule has 3 aromatic carbocycles. The van der Waals surface area contributed by atoms with E-state index in [9.17, 15) is 26.4 Å². The molecule has 3 rings (SSSR count). The van der Waals surface area contributed by atoms with Gasteiger partial charge >= 0.3 is 5.97 Å². The van der Waals surface area contributed by atoms with E-state index in [4.69, 9.17) is 0 Å². The molecule has 1 amide bonds. The first-order valence-electron chi connectivity index (χ1n) is 9.25. The summed E-state index contributed by atoms with van der Waals surface area (Å²) in [5, 5.41) is 0. The highest BCUT2D eigenvalue weighted by Gasteiger charge is 2.21. The molecule has 0 atom stereocenters. The highest BCUT2D eigenvalue weighted by Crippen LogP contribution is 2.18. The molecular weight excluding hydrogens is 454 g/mol. The Hall–Kier alpha value is -3.50. The summed E-state index contributed by atoms with van der Waals surface area (Å²) in [6.45, 7) is 0. The lowest BCUT2D eigenvalue weighted by atomic mass is 10.1. The summed E-state index contributed by atoms with van der Waals surface area (Å²) >= 11 is 0. The number of sulfone groups is 1. The van der Waals surface area contributed by atoms with E-state index < -0.39 is 31.7 Å². The van der Waals surface area contributed by atoms with Crippen LogP contribution in [0.2, 0.25) is 0 Å². The van der Waals surface area contributed by atoms with Crippen molar-refractivity contribution in [2.24, 2.45) is 0 Å². The van der Waals surface area contributed by atoms with Crippen molar-refractivity contribution in [3.63, 3.8) is 0 Å². The normalized spacial score (nSPS) is 11.5. The molecule has 166 valence electrons. The number of hydrogen-bond donors (Lipinski definition) is 1. The summed E-state index contributed by atoms with van der Waals surface area (Å²) in [6, 6.07) is 18.6. The molecule has 0 fully saturated rings. The van der Waals surface area contributed by atoms with Gasteiger partial charge < -0.3 is 4.74 Å². The first-order valence-corrected chi connectivity index (χ1v) is 12.4. The number of amides is 1. The first kappa shape index (κ1) is 23.2. The van der Waals surface area contributed by atoms with Gasteiger partial charge in [-0.1, -0.05) is 36.4 Å². The molecule has 0 spiro atoms. The van der Waals surface area contributed by atoms with Crippen LogP contribution in [0, 0.1) is 0 Å². The lowest BCUT2D eigenvalue weighted by Gasteiger charge is -2.10. The number of rotatable bonds is 7. The summed E-state index contributed by atoms with van der Waals surface area (Å²) in [5.74, 6) is -2.01. The molecule has 32 heavy (non-hydrogen) atoms. The molecular formula is C22H19NO7S2. The van der Waals surface area contributed by atoms with Gasteiger partial charge in [-0.25, -0.2) is 26.4 Å². The fourth-order valence-electron chi connectivity index (χ4n) is 2.88. The molecule has 0 aliphatic rings. The molecule has 0 saturated carbocycles.